The van der Waals surface area contributed by atoms with Gasteiger partial charge in [0.25, 0.3) is 0 Å². The van der Waals surface area contributed by atoms with Gasteiger partial charge in [-0.05, 0) is 6.42 Å². The first-order chi connectivity index (χ1) is 12.7. The first-order valence-electron chi connectivity index (χ1n) is 8.31. The molecule has 0 aliphatic heterocycles. The molecule has 132 valence electrons. The fraction of sp³-hybridized carbons (Fsp3) is 0.222. The van der Waals surface area contributed by atoms with Crippen LogP contribution in [-0.2, 0) is 7.05 Å². The second kappa shape index (κ2) is 7.05. The maximum absolute atomic E-state index is 5.97. The molecule has 0 aliphatic carbocycles. The molecule has 3 aromatic heterocycles. The van der Waals surface area contributed by atoms with Crippen LogP contribution in [0.4, 0.5) is 5.82 Å². The SMILES string of the molecule is CCCSc1nc(-c2ccccc2)c(-c2nc3c(N)ncnc3s2)n1C. The van der Waals surface area contributed by atoms with Crippen molar-refractivity contribution in [3.8, 4) is 22.0 Å². The normalized spacial score (nSPS) is 11.3. The van der Waals surface area contributed by atoms with Crippen molar-refractivity contribution in [3.63, 3.8) is 0 Å². The number of thiazole rings is 1. The Morgan fingerprint density at radius 2 is 1.96 bits per heavy atom. The summed E-state index contributed by atoms with van der Waals surface area (Å²) in [5.74, 6) is 1.43. The van der Waals surface area contributed by atoms with Gasteiger partial charge in [0.2, 0.25) is 0 Å². The first kappa shape index (κ1) is 17.0. The molecule has 0 bridgehead atoms. The number of hydrogen-bond acceptors (Lipinski definition) is 7. The molecule has 0 saturated heterocycles. The molecule has 2 N–H and O–H groups in total. The van der Waals surface area contributed by atoms with E-state index in [1.54, 1.807) is 11.8 Å². The lowest BCUT2D eigenvalue weighted by Gasteiger charge is -2.04. The molecule has 0 radical (unpaired) electrons. The molecule has 8 heteroatoms. The highest BCUT2D eigenvalue weighted by atomic mass is 32.2. The van der Waals surface area contributed by atoms with Crippen molar-refractivity contribution in [2.75, 3.05) is 11.5 Å². The molecule has 4 rings (SSSR count). The van der Waals surface area contributed by atoms with Crippen molar-refractivity contribution in [2.24, 2.45) is 7.05 Å². The lowest BCUT2D eigenvalue weighted by atomic mass is 10.1. The second-order valence-electron chi connectivity index (χ2n) is 5.80. The Morgan fingerprint density at radius 3 is 2.69 bits per heavy atom. The summed E-state index contributed by atoms with van der Waals surface area (Å²) in [6.45, 7) is 2.17. The average molecular weight is 383 g/mol. The van der Waals surface area contributed by atoms with Crippen LogP contribution in [0.1, 0.15) is 13.3 Å². The molecule has 0 atom stereocenters. The van der Waals surface area contributed by atoms with E-state index >= 15 is 0 Å². The molecule has 0 saturated carbocycles. The molecule has 0 fully saturated rings. The fourth-order valence-electron chi connectivity index (χ4n) is 2.71. The number of rotatable bonds is 5. The van der Waals surface area contributed by atoms with Crippen molar-refractivity contribution < 1.29 is 0 Å². The monoisotopic (exact) mass is 382 g/mol. The highest BCUT2D eigenvalue weighted by molar-refractivity contribution is 7.99. The van der Waals surface area contributed by atoms with Crippen LogP contribution < -0.4 is 5.73 Å². The highest BCUT2D eigenvalue weighted by Crippen LogP contribution is 2.38. The molecule has 4 aromatic rings. The van der Waals surface area contributed by atoms with Crippen LogP contribution in [0.5, 0.6) is 0 Å². The minimum Gasteiger partial charge on any atom is -0.382 e. The Balaban J connectivity index is 1.92. The Morgan fingerprint density at radius 1 is 1.15 bits per heavy atom. The summed E-state index contributed by atoms with van der Waals surface area (Å²) in [6, 6.07) is 10.2. The van der Waals surface area contributed by atoms with Gasteiger partial charge in [-0.2, -0.15) is 0 Å². The standard InChI is InChI=1S/C18H18N6S2/c1-3-9-25-18-23-12(11-7-5-4-6-8-11)14(24(18)2)17-22-13-15(19)20-10-21-16(13)26-17/h4-8,10H,3,9H2,1-2H3,(H2,19,20,21). The number of thioether (sulfide) groups is 1. The van der Waals surface area contributed by atoms with E-state index in [9.17, 15) is 0 Å². The van der Waals surface area contributed by atoms with Gasteiger partial charge in [0.15, 0.2) is 11.0 Å². The summed E-state index contributed by atoms with van der Waals surface area (Å²) >= 11 is 3.27. The van der Waals surface area contributed by atoms with Crippen molar-refractivity contribution in [2.45, 2.75) is 18.5 Å². The third kappa shape index (κ3) is 2.95. The van der Waals surface area contributed by atoms with Crippen molar-refractivity contribution in [1.82, 2.24) is 24.5 Å². The van der Waals surface area contributed by atoms with Crippen molar-refractivity contribution >= 4 is 39.3 Å². The van der Waals surface area contributed by atoms with Crippen molar-refractivity contribution in [3.05, 3.63) is 36.7 Å². The van der Waals surface area contributed by atoms with Crippen LogP contribution in [-0.4, -0.2) is 30.3 Å². The molecule has 0 aliphatic rings. The van der Waals surface area contributed by atoms with Gasteiger partial charge in [-0.3, -0.25) is 0 Å². The number of fused-ring (bicyclic) bond motifs is 1. The van der Waals surface area contributed by atoms with Gasteiger partial charge >= 0.3 is 0 Å². The van der Waals surface area contributed by atoms with Crippen LogP contribution in [0.25, 0.3) is 32.3 Å². The predicted octanol–water partition coefficient (Wildman–Crippen LogP) is 4.24. The maximum Gasteiger partial charge on any atom is 0.168 e. The summed E-state index contributed by atoms with van der Waals surface area (Å²) < 4.78 is 2.12. The van der Waals surface area contributed by atoms with Gasteiger partial charge < -0.3 is 10.3 Å². The fourth-order valence-corrected chi connectivity index (χ4v) is 4.54. The van der Waals surface area contributed by atoms with E-state index in [2.05, 4.69) is 33.6 Å². The molecule has 0 unspecified atom stereocenters. The van der Waals surface area contributed by atoms with Crippen LogP contribution in [0.2, 0.25) is 0 Å². The van der Waals surface area contributed by atoms with Crippen LogP contribution in [0.15, 0.2) is 41.8 Å². The zero-order valence-corrected chi connectivity index (χ0v) is 16.1. The Labute approximate surface area is 159 Å². The van der Waals surface area contributed by atoms with Gasteiger partial charge in [-0.1, -0.05) is 60.4 Å². The summed E-state index contributed by atoms with van der Waals surface area (Å²) in [4.78, 5) is 18.8. The Kier molecular flexibility index (Phi) is 4.60. The van der Waals surface area contributed by atoms with Gasteiger partial charge in [0.05, 0.1) is 0 Å². The molecular formula is C18H18N6S2. The minimum absolute atomic E-state index is 0.404. The number of aromatic nitrogens is 5. The van der Waals surface area contributed by atoms with E-state index in [-0.39, 0.29) is 0 Å². The smallest absolute Gasteiger partial charge is 0.168 e. The molecule has 0 spiro atoms. The van der Waals surface area contributed by atoms with E-state index in [0.717, 1.165) is 44.1 Å². The van der Waals surface area contributed by atoms with Crippen LogP contribution in [0.3, 0.4) is 0 Å². The summed E-state index contributed by atoms with van der Waals surface area (Å²) in [7, 11) is 2.04. The highest BCUT2D eigenvalue weighted by Gasteiger charge is 2.22. The van der Waals surface area contributed by atoms with E-state index in [0.29, 0.717) is 11.3 Å². The topological polar surface area (TPSA) is 82.5 Å². The minimum atomic E-state index is 0.404. The van der Waals surface area contributed by atoms with Gasteiger partial charge in [-0.25, -0.2) is 19.9 Å². The summed E-state index contributed by atoms with van der Waals surface area (Å²) in [5.41, 5.74) is 9.60. The van der Waals surface area contributed by atoms with E-state index in [1.165, 1.54) is 17.7 Å². The lowest BCUT2D eigenvalue weighted by Crippen LogP contribution is -1.95. The molecule has 0 amide bonds. The van der Waals surface area contributed by atoms with Gasteiger partial charge in [0, 0.05) is 18.4 Å². The number of nitrogen functional groups attached to an aromatic ring is 1. The van der Waals surface area contributed by atoms with E-state index in [1.807, 2.05) is 25.2 Å². The van der Waals surface area contributed by atoms with Crippen LogP contribution in [0, 0.1) is 0 Å². The number of anilines is 1. The van der Waals surface area contributed by atoms with Gasteiger partial charge in [0.1, 0.15) is 33.1 Å². The Bertz CT molecular complexity index is 1050. The number of hydrogen-bond donors (Lipinski definition) is 1. The number of nitrogens with two attached hydrogens (primary N) is 1. The third-order valence-electron chi connectivity index (χ3n) is 3.96. The Hall–Kier alpha value is -2.45. The largest absolute Gasteiger partial charge is 0.382 e. The molecule has 26 heavy (non-hydrogen) atoms. The van der Waals surface area contributed by atoms with Crippen LogP contribution >= 0.6 is 23.1 Å². The number of nitrogens with zero attached hydrogens (tertiary/aromatic N) is 5. The van der Waals surface area contributed by atoms with E-state index < -0.39 is 0 Å². The quantitative estimate of drug-likeness (QED) is 0.520. The molecule has 6 nitrogen and oxygen atoms in total. The molecule has 3 heterocycles. The maximum atomic E-state index is 5.97. The molecule has 1 aromatic carbocycles. The first-order valence-corrected chi connectivity index (χ1v) is 10.1. The average Bonchev–Trinajstić information content (AvgIpc) is 3.22. The summed E-state index contributed by atoms with van der Waals surface area (Å²) in [5, 5.41) is 1.84. The summed E-state index contributed by atoms with van der Waals surface area (Å²) in [6.07, 6.45) is 2.57. The lowest BCUT2D eigenvalue weighted by molar-refractivity contribution is 0.795. The predicted molar refractivity (Wildman–Crippen MR) is 108 cm³/mol. The zero-order chi connectivity index (χ0) is 18.1. The molecular weight excluding hydrogens is 364 g/mol. The second-order valence-corrected chi connectivity index (χ2v) is 7.84. The van der Waals surface area contributed by atoms with Gasteiger partial charge in [-0.15, -0.1) is 0 Å². The third-order valence-corrected chi connectivity index (χ3v) is 6.17. The zero-order valence-electron chi connectivity index (χ0n) is 14.5. The van der Waals surface area contributed by atoms with E-state index in [4.69, 9.17) is 15.7 Å². The van der Waals surface area contributed by atoms with Crippen molar-refractivity contribution in [1.29, 1.82) is 0 Å². The number of imidazole rings is 1. The number of benzene rings is 1.